The summed E-state index contributed by atoms with van der Waals surface area (Å²) in [6, 6.07) is 27.8. The lowest BCUT2D eigenvalue weighted by atomic mass is 9.90. The minimum atomic E-state index is -0.346. The number of carbonyl (C=O) groups excluding carboxylic acids is 1. The molecule has 0 atom stereocenters. The third-order valence-electron chi connectivity index (χ3n) is 5.04. The van der Waals surface area contributed by atoms with Crippen LogP contribution in [0.3, 0.4) is 0 Å². The lowest BCUT2D eigenvalue weighted by molar-refractivity contribution is -0.116. The maximum atomic E-state index is 13.2. The summed E-state index contributed by atoms with van der Waals surface area (Å²) in [5.41, 5.74) is 3.93. The number of hydrogen-bond acceptors (Lipinski definition) is 3. The van der Waals surface area contributed by atoms with Crippen molar-refractivity contribution < 1.29 is 9.53 Å². The van der Waals surface area contributed by atoms with Crippen LogP contribution in [0, 0.1) is 0 Å². The predicted molar refractivity (Wildman–Crippen MR) is 120 cm³/mol. The van der Waals surface area contributed by atoms with Crippen LogP contribution in [-0.2, 0) is 9.53 Å². The minimum Gasteiger partial charge on any atom is -0.378 e. The van der Waals surface area contributed by atoms with Crippen molar-refractivity contribution in [2.24, 2.45) is 0 Å². The van der Waals surface area contributed by atoms with Crippen LogP contribution in [0.5, 0.6) is 0 Å². The zero-order valence-electron chi connectivity index (χ0n) is 16.2. The largest absolute Gasteiger partial charge is 0.378 e. The Labute approximate surface area is 177 Å². The van der Waals surface area contributed by atoms with E-state index in [0.29, 0.717) is 0 Å². The summed E-state index contributed by atoms with van der Waals surface area (Å²) in [4.78, 5) is 15.5. The second kappa shape index (κ2) is 10.1. The molecule has 1 N–H and O–H groups in total. The molecule has 1 saturated heterocycles. The average Bonchev–Trinajstić information content (AvgIpc) is 2.77. The Balaban J connectivity index is 0.00000240. The lowest BCUT2D eigenvalue weighted by Gasteiger charge is -2.29. The van der Waals surface area contributed by atoms with Gasteiger partial charge in [-0.15, -0.1) is 12.4 Å². The van der Waals surface area contributed by atoms with E-state index < -0.39 is 0 Å². The summed E-state index contributed by atoms with van der Waals surface area (Å²) < 4.78 is 5.41. The molecular weight excluding hydrogens is 384 g/mol. The van der Waals surface area contributed by atoms with Crippen LogP contribution in [0.4, 0.5) is 11.4 Å². The number of carbonyl (C=O) groups is 1. The normalized spacial score (nSPS) is 13.6. The maximum absolute atomic E-state index is 13.2. The number of halogens is 1. The Bertz CT molecular complexity index is 856. The second-order valence-corrected chi connectivity index (χ2v) is 6.89. The third kappa shape index (κ3) is 5.17. The smallest absolute Gasteiger partial charge is 0.236 e. The van der Waals surface area contributed by atoms with Gasteiger partial charge in [0.1, 0.15) is 0 Å². The zero-order chi connectivity index (χ0) is 19.2. The van der Waals surface area contributed by atoms with Crippen molar-refractivity contribution in [2.75, 3.05) is 36.5 Å². The molecule has 150 valence electrons. The fourth-order valence-corrected chi connectivity index (χ4v) is 3.58. The number of nitrogens with zero attached hydrogens (tertiary/aromatic N) is 1. The minimum absolute atomic E-state index is 0. The Morgan fingerprint density at radius 2 is 1.31 bits per heavy atom. The Morgan fingerprint density at radius 3 is 1.83 bits per heavy atom. The number of benzene rings is 3. The van der Waals surface area contributed by atoms with Crippen molar-refractivity contribution in [1.82, 2.24) is 0 Å². The van der Waals surface area contributed by atoms with Gasteiger partial charge in [0, 0.05) is 24.5 Å². The summed E-state index contributed by atoms with van der Waals surface area (Å²) in [6.45, 7) is 3.31. The van der Waals surface area contributed by atoms with Crippen LogP contribution >= 0.6 is 12.4 Å². The summed E-state index contributed by atoms with van der Waals surface area (Å²) in [6.07, 6.45) is 0. The van der Waals surface area contributed by atoms with E-state index in [9.17, 15) is 4.79 Å². The molecule has 0 bridgehead atoms. The molecule has 1 fully saturated rings. The molecular formula is C24H25ClN2O2. The fraction of sp³-hybridized carbons (Fsp3) is 0.208. The molecule has 0 radical (unpaired) electrons. The number of amides is 1. The second-order valence-electron chi connectivity index (χ2n) is 6.89. The molecule has 0 spiro atoms. The molecule has 4 rings (SSSR count). The van der Waals surface area contributed by atoms with Crippen molar-refractivity contribution in [3.8, 4) is 0 Å². The third-order valence-corrected chi connectivity index (χ3v) is 5.04. The summed E-state index contributed by atoms with van der Waals surface area (Å²) in [7, 11) is 0. The Kier molecular flexibility index (Phi) is 7.28. The quantitative estimate of drug-likeness (QED) is 0.664. The predicted octanol–water partition coefficient (Wildman–Crippen LogP) is 4.72. The highest BCUT2D eigenvalue weighted by atomic mass is 35.5. The highest BCUT2D eigenvalue weighted by Gasteiger charge is 2.22. The van der Waals surface area contributed by atoms with Gasteiger partial charge in [0.25, 0.3) is 0 Å². The summed E-state index contributed by atoms with van der Waals surface area (Å²) >= 11 is 0. The van der Waals surface area contributed by atoms with Crippen LogP contribution in [0.25, 0.3) is 0 Å². The van der Waals surface area contributed by atoms with Crippen molar-refractivity contribution in [2.45, 2.75) is 5.92 Å². The number of ether oxygens (including phenoxy) is 1. The molecule has 1 aliphatic rings. The molecule has 0 aromatic heterocycles. The van der Waals surface area contributed by atoms with Crippen molar-refractivity contribution in [3.05, 3.63) is 96.1 Å². The molecule has 0 saturated carbocycles. The highest BCUT2D eigenvalue weighted by molar-refractivity contribution is 5.98. The monoisotopic (exact) mass is 408 g/mol. The van der Waals surface area contributed by atoms with E-state index in [1.807, 2.05) is 72.8 Å². The molecule has 3 aromatic rings. The van der Waals surface area contributed by atoms with E-state index in [2.05, 4.69) is 22.3 Å². The van der Waals surface area contributed by atoms with Gasteiger partial charge in [-0.2, -0.15) is 0 Å². The molecule has 1 amide bonds. The van der Waals surface area contributed by atoms with Gasteiger partial charge in [-0.1, -0.05) is 60.7 Å². The first-order valence-corrected chi connectivity index (χ1v) is 9.65. The molecule has 3 aromatic carbocycles. The van der Waals surface area contributed by atoms with Gasteiger partial charge in [-0.05, 0) is 35.4 Å². The zero-order valence-corrected chi connectivity index (χ0v) is 17.0. The first-order valence-electron chi connectivity index (χ1n) is 9.65. The van der Waals surface area contributed by atoms with Crippen molar-refractivity contribution >= 4 is 29.7 Å². The van der Waals surface area contributed by atoms with Crippen LogP contribution in [0.1, 0.15) is 17.0 Å². The van der Waals surface area contributed by atoms with E-state index in [4.69, 9.17) is 4.74 Å². The average molecular weight is 409 g/mol. The van der Waals surface area contributed by atoms with Crippen LogP contribution in [-0.4, -0.2) is 32.2 Å². The number of rotatable bonds is 5. The van der Waals surface area contributed by atoms with Crippen molar-refractivity contribution in [3.63, 3.8) is 0 Å². The van der Waals surface area contributed by atoms with Crippen LogP contribution in [0.2, 0.25) is 0 Å². The van der Waals surface area contributed by atoms with Gasteiger partial charge in [-0.25, -0.2) is 0 Å². The molecule has 4 nitrogen and oxygen atoms in total. The molecule has 29 heavy (non-hydrogen) atoms. The number of hydrogen-bond donors (Lipinski definition) is 1. The first kappa shape index (κ1) is 20.9. The van der Waals surface area contributed by atoms with E-state index in [1.54, 1.807) is 0 Å². The molecule has 5 heteroatoms. The van der Waals surface area contributed by atoms with Gasteiger partial charge < -0.3 is 15.0 Å². The summed E-state index contributed by atoms with van der Waals surface area (Å²) in [5.74, 6) is -0.377. The van der Waals surface area contributed by atoms with Crippen molar-refractivity contribution in [1.29, 1.82) is 0 Å². The SMILES string of the molecule is Cl.O=C(Nc1ccc(N2CCOCC2)cc1)C(c1ccccc1)c1ccccc1. The van der Waals surface area contributed by atoms with E-state index >= 15 is 0 Å². The molecule has 0 unspecified atom stereocenters. The topological polar surface area (TPSA) is 41.6 Å². The van der Waals surface area contributed by atoms with Crippen LogP contribution < -0.4 is 10.2 Å². The van der Waals surface area contributed by atoms with Gasteiger partial charge in [0.15, 0.2) is 0 Å². The number of morpholine rings is 1. The summed E-state index contributed by atoms with van der Waals surface area (Å²) in [5, 5.41) is 3.09. The highest BCUT2D eigenvalue weighted by Crippen LogP contribution is 2.27. The van der Waals surface area contributed by atoms with Gasteiger partial charge >= 0.3 is 0 Å². The fourth-order valence-electron chi connectivity index (χ4n) is 3.58. The maximum Gasteiger partial charge on any atom is 0.236 e. The standard InChI is InChI=1S/C24H24N2O2.ClH/c27-24(23(19-7-3-1-4-8-19)20-9-5-2-6-10-20)25-21-11-13-22(14-12-21)26-15-17-28-18-16-26;/h1-14,23H,15-18H2,(H,25,27);1H. The van der Waals surface area contributed by atoms with Gasteiger partial charge in [-0.3, -0.25) is 4.79 Å². The lowest BCUT2D eigenvalue weighted by Crippen LogP contribution is -2.36. The van der Waals surface area contributed by atoms with E-state index in [0.717, 1.165) is 48.8 Å². The van der Waals surface area contributed by atoms with E-state index in [1.165, 1.54) is 0 Å². The Morgan fingerprint density at radius 1 is 0.793 bits per heavy atom. The molecule has 0 aliphatic carbocycles. The van der Waals surface area contributed by atoms with Gasteiger partial charge in [0.2, 0.25) is 5.91 Å². The molecule has 1 aliphatic heterocycles. The number of anilines is 2. The first-order chi connectivity index (χ1) is 13.8. The Hall–Kier alpha value is -2.82. The van der Waals surface area contributed by atoms with Gasteiger partial charge in [0.05, 0.1) is 19.1 Å². The number of nitrogens with one attached hydrogen (secondary N) is 1. The molecule has 1 heterocycles. The van der Waals surface area contributed by atoms with E-state index in [-0.39, 0.29) is 24.2 Å². The van der Waals surface area contributed by atoms with Crippen LogP contribution in [0.15, 0.2) is 84.9 Å².